The first-order valence-corrected chi connectivity index (χ1v) is 6.45. The topological polar surface area (TPSA) is 82.5 Å². The summed E-state index contributed by atoms with van der Waals surface area (Å²) in [4.78, 5) is 28.6. The van der Waals surface area contributed by atoms with E-state index in [4.69, 9.17) is 5.11 Å². The van der Waals surface area contributed by atoms with Crippen LogP contribution in [0.1, 0.15) is 13.8 Å². The van der Waals surface area contributed by atoms with Crippen LogP contribution in [0.25, 0.3) is 10.8 Å². The highest BCUT2D eigenvalue weighted by atomic mass is 16.4. The lowest BCUT2D eigenvalue weighted by atomic mass is 10.0. The highest BCUT2D eigenvalue weighted by Crippen LogP contribution is 2.23. The first kappa shape index (κ1) is 14.8. The molecule has 2 N–H and O–H groups in total. The fraction of sp³-hybridized carbons (Fsp3) is 0.267. The minimum atomic E-state index is -1.30. The molecule has 6 nitrogen and oxygen atoms in total. The van der Waals surface area contributed by atoms with Crippen LogP contribution in [0.5, 0.6) is 0 Å². The second-order valence-corrected chi connectivity index (χ2v) is 5.26. The van der Waals surface area contributed by atoms with E-state index < -0.39 is 17.5 Å². The molecule has 0 aliphatic heterocycles. The van der Waals surface area contributed by atoms with Gasteiger partial charge in [0.05, 0.1) is 5.69 Å². The average molecular weight is 287 g/mol. The molecule has 0 bridgehead atoms. The Kier molecular flexibility index (Phi) is 3.80. The molecule has 0 radical (unpaired) electrons. The van der Waals surface area contributed by atoms with E-state index in [9.17, 15) is 9.59 Å². The number of urea groups is 1. The van der Waals surface area contributed by atoms with Gasteiger partial charge in [-0.25, -0.2) is 9.59 Å². The summed E-state index contributed by atoms with van der Waals surface area (Å²) in [6.07, 6.45) is 3.33. The van der Waals surface area contributed by atoms with Crippen molar-refractivity contribution in [2.75, 3.05) is 12.4 Å². The Morgan fingerprint density at radius 2 is 2.00 bits per heavy atom. The lowest BCUT2D eigenvalue weighted by Gasteiger charge is -2.31. The van der Waals surface area contributed by atoms with Crippen molar-refractivity contribution >= 4 is 28.5 Å². The second kappa shape index (κ2) is 5.40. The van der Waals surface area contributed by atoms with Gasteiger partial charge in [0.2, 0.25) is 0 Å². The molecular weight excluding hydrogens is 270 g/mol. The Balaban J connectivity index is 2.28. The quantitative estimate of drug-likeness (QED) is 0.909. The molecule has 1 aromatic heterocycles. The maximum atomic E-state index is 12.2. The maximum Gasteiger partial charge on any atom is 0.329 e. The highest BCUT2D eigenvalue weighted by Gasteiger charge is 2.35. The number of hydrogen-bond acceptors (Lipinski definition) is 3. The number of likely N-dealkylation sites (N-methyl/N-ethyl adjacent to an activating group) is 1. The number of carbonyl (C=O) groups is 2. The van der Waals surface area contributed by atoms with Gasteiger partial charge in [0, 0.05) is 24.8 Å². The lowest BCUT2D eigenvalue weighted by Crippen LogP contribution is -2.52. The number of aromatic nitrogens is 1. The van der Waals surface area contributed by atoms with Gasteiger partial charge in [0.15, 0.2) is 0 Å². The lowest BCUT2D eigenvalue weighted by molar-refractivity contribution is -0.146. The molecule has 0 aliphatic carbocycles. The summed E-state index contributed by atoms with van der Waals surface area (Å²) in [6, 6.07) is 6.84. The number of nitrogens with one attached hydrogen (secondary N) is 1. The van der Waals surface area contributed by atoms with Gasteiger partial charge >= 0.3 is 12.0 Å². The first-order valence-electron chi connectivity index (χ1n) is 6.45. The van der Waals surface area contributed by atoms with Crippen LogP contribution in [0.15, 0.2) is 36.7 Å². The van der Waals surface area contributed by atoms with Crippen LogP contribution in [0.4, 0.5) is 10.5 Å². The van der Waals surface area contributed by atoms with E-state index in [2.05, 4.69) is 10.3 Å². The molecule has 0 saturated carbocycles. The predicted octanol–water partition coefficient (Wildman–Crippen LogP) is 2.56. The summed E-state index contributed by atoms with van der Waals surface area (Å²) < 4.78 is 0. The molecule has 0 saturated heterocycles. The Labute approximate surface area is 122 Å². The number of carboxylic acids is 1. The van der Waals surface area contributed by atoms with Crippen molar-refractivity contribution in [3.8, 4) is 0 Å². The fourth-order valence-corrected chi connectivity index (χ4v) is 1.82. The van der Waals surface area contributed by atoms with Crippen LogP contribution in [0.3, 0.4) is 0 Å². The van der Waals surface area contributed by atoms with Crippen molar-refractivity contribution in [1.82, 2.24) is 9.88 Å². The van der Waals surface area contributed by atoms with E-state index in [1.165, 1.54) is 20.9 Å². The normalized spacial score (nSPS) is 11.2. The number of fused-ring (bicyclic) bond motifs is 1. The number of pyridine rings is 1. The average Bonchev–Trinajstić information content (AvgIpc) is 2.46. The molecule has 110 valence electrons. The van der Waals surface area contributed by atoms with E-state index in [-0.39, 0.29) is 0 Å². The van der Waals surface area contributed by atoms with Gasteiger partial charge in [-0.3, -0.25) is 4.98 Å². The Morgan fingerprint density at radius 1 is 1.29 bits per heavy atom. The number of rotatable bonds is 3. The molecule has 0 fully saturated rings. The summed E-state index contributed by atoms with van der Waals surface area (Å²) in [6.45, 7) is 2.94. The van der Waals surface area contributed by atoms with Crippen LogP contribution in [0.2, 0.25) is 0 Å². The molecule has 2 rings (SSSR count). The highest BCUT2D eigenvalue weighted by molar-refractivity contribution is 6.02. The molecule has 1 heterocycles. The number of aliphatic carboxylic acids is 1. The van der Waals surface area contributed by atoms with Crippen LogP contribution in [-0.4, -0.2) is 39.6 Å². The Bertz CT molecular complexity index is 692. The predicted molar refractivity (Wildman–Crippen MR) is 80.2 cm³/mol. The van der Waals surface area contributed by atoms with Crippen molar-refractivity contribution in [3.05, 3.63) is 36.7 Å². The standard InChI is InChI=1S/C15H17N3O3/c1-15(2,13(19)20)18(3)14(21)17-12-6-4-5-10-7-8-16-9-11(10)12/h4-9H,1-3H3,(H,17,21)(H,19,20). The third-order valence-corrected chi connectivity index (χ3v) is 3.59. The maximum absolute atomic E-state index is 12.2. The van der Waals surface area contributed by atoms with Crippen molar-refractivity contribution in [3.63, 3.8) is 0 Å². The van der Waals surface area contributed by atoms with Gasteiger partial charge < -0.3 is 15.3 Å². The van der Waals surface area contributed by atoms with Gasteiger partial charge in [-0.2, -0.15) is 0 Å². The minimum absolute atomic E-state index is 0.487. The second-order valence-electron chi connectivity index (χ2n) is 5.26. The zero-order chi connectivity index (χ0) is 15.6. The van der Waals surface area contributed by atoms with Crippen LogP contribution in [-0.2, 0) is 4.79 Å². The molecule has 0 atom stereocenters. The van der Waals surface area contributed by atoms with Crippen LogP contribution < -0.4 is 5.32 Å². The monoisotopic (exact) mass is 287 g/mol. The van der Waals surface area contributed by atoms with Gasteiger partial charge in [-0.05, 0) is 31.4 Å². The van der Waals surface area contributed by atoms with Gasteiger partial charge in [0.1, 0.15) is 5.54 Å². The van der Waals surface area contributed by atoms with E-state index >= 15 is 0 Å². The molecule has 2 amide bonds. The fourth-order valence-electron chi connectivity index (χ4n) is 1.82. The Hall–Kier alpha value is -2.63. The number of anilines is 1. The van der Waals surface area contributed by atoms with E-state index in [1.807, 2.05) is 18.2 Å². The molecule has 1 aromatic carbocycles. The molecule has 0 spiro atoms. The summed E-state index contributed by atoms with van der Waals surface area (Å²) in [7, 11) is 1.45. The van der Waals surface area contributed by atoms with Crippen molar-refractivity contribution in [1.29, 1.82) is 0 Å². The smallest absolute Gasteiger partial charge is 0.329 e. The van der Waals surface area contributed by atoms with E-state index in [0.29, 0.717) is 5.69 Å². The summed E-state index contributed by atoms with van der Waals surface area (Å²) in [5, 5.41) is 13.6. The zero-order valence-electron chi connectivity index (χ0n) is 12.1. The number of amides is 2. The summed E-state index contributed by atoms with van der Waals surface area (Å²) >= 11 is 0. The van der Waals surface area contributed by atoms with Gasteiger partial charge in [0.25, 0.3) is 0 Å². The SMILES string of the molecule is CN(C(=O)Nc1cccc2ccncc12)C(C)(C)C(=O)O. The van der Waals surface area contributed by atoms with Gasteiger partial charge in [-0.1, -0.05) is 12.1 Å². The largest absolute Gasteiger partial charge is 0.480 e. The number of hydrogen-bond donors (Lipinski definition) is 2. The number of carbonyl (C=O) groups excluding carboxylic acids is 1. The Morgan fingerprint density at radius 3 is 2.67 bits per heavy atom. The molecule has 2 aromatic rings. The summed E-state index contributed by atoms with van der Waals surface area (Å²) in [5.41, 5.74) is -0.703. The van der Waals surface area contributed by atoms with Crippen molar-refractivity contribution in [2.24, 2.45) is 0 Å². The molecule has 6 heteroatoms. The van der Waals surface area contributed by atoms with Crippen molar-refractivity contribution in [2.45, 2.75) is 19.4 Å². The van der Waals surface area contributed by atoms with Crippen LogP contribution in [0, 0.1) is 0 Å². The van der Waals surface area contributed by atoms with E-state index in [0.717, 1.165) is 15.7 Å². The minimum Gasteiger partial charge on any atom is -0.480 e. The third kappa shape index (κ3) is 2.79. The summed E-state index contributed by atoms with van der Waals surface area (Å²) in [5.74, 6) is -1.07. The number of carboxylic acid groups (broad SMARTS) is 1. The first-order chi connectivity index (χ1) is 9.84. The van der Waals surface area contributed by atoms with Crippen LogP contribution >= 0.6 is 0 Å². The number of nitrogens with zero attached hydrogens (tertiary/aromatic N) is 2. The molecule has 0 aliphatic rings. The van der Waals surface area contributed by atoms with Gasteiger partial charge in [-0.15, -0.1) is 0 Å². The van der Waals surface area contributed by atoms with E-state index in [1.54, 1.807) is 18.5 Å². The molecular formula is C15H17N3O3. The zero-order valence-corrected chi connectivity index (χ0v) is 12.1. The molecule has 21 heavy (non-hydrogen) atoms. The number of benzene rings is 1. The molecule has 0 unspecified atom stereocenters. The van der Waals surface area contributed by atoms with Crippen molar-refractivity contribution < 1.29 is 14.7 Å². The third-order valence-electron chi connectivity index (χ3n) is 3.59.